The third kappa shape index (κ3) is 5.65. The Morgan fingerprint density at radius 3 is 0.814 bits per heavy atom. The van der Waals surface area contributed by atoms with Crippen LogP contribution in [0.1, 0.15) is 0 Å². The van der Waals surface area contributed by atoms with E-state index in [0.29, 0.717) is 0 Å². The maximum atomic E-state index is 7.47. The number of hydrogen-bond acceptors (Lipinski definition) is 4. The predicted molar refractivity (Wildman–Crippen MR) is 292 cm³/mol. The molecule has 0 radical (unpaired) electrons. The zero-order valence-electron chi connectivity index (χ0n) is 37.7. The minimum absolute atomic E-state index is 0.766. The van der Waals surface area contributed by atoms with Gasteiger partial charge in [0.05, 0.1) is 17.1 Å². The molecule has 0 fully saturated rings. The van der Waals surface area contributed by atoms with E-state index in [1.165, 1.54) is 0 Å². The second kappa shape index (κ2) is 15.1. The smallest absolute Gasteiger partial charge is 0.160 e. The fourth-order valence-electron chi connectivity index (χ4n) is 11.3. The van der Waals surface area contributed by atoms with E-state index in [0.717, 1.165) is 149 Å². The van der Waals surface area contributed by atoms with Crippen molar-refractivity contribution in [2.45, 2.75) is 0 Å². The summed E-state index contributed by atoms with van der Waals surface area (Å²) in [6, 6.07) is 84.0. The van der Waals surface area contributed by atoms with Crippen molar-refractivity contribution < 1.29 is 13.3 Å². The Morgan fingerprint density at radius 1 is 0.229 bits per heavy atom. The highest BCUT2D eigenvalue weighted by atomic mass is 16.3. The molecule has 0 bridgehead atoms. The molecule has 70 heavy (non-hydrogen) atoms. The van der Waals surface area contributed by atoms with Crippen molar-refractivity contribution in [3.05, 3.63) is 237 Å². The van der Waals surface area contributed by atoms with Crippen molar-refractivity contribution in [3.8, 4) is 33.4 Å². The molecule has 0 saturated carbocycles. The number of furan rings is 3. The van der Waals surface area contributed by atoms with Crippen LogP contribution in [0.15, 0.2) is 250 Å². The lowest BCUT2D eigenvalue weighted by Crippen LogP contribution is -2.11. The maximum absolute atomic E-state index is 7.47. The third-order valence-corrected chi connectivity index (χ3v) is 14.4. The minimum Gasteiger partial charge on any atom is -0.453 e. The van der Waals surface area contributed by atoms with Crippen molar-refractivity contribution in [2.24, 2.45) is 0 Å². The van der Waals surface area contributed by atoms with Gasteiger partial charge in [-0.3, -0.25) is 4.90 Å². The van der Waals surface area contributed by atoms with E-state index < -0.39 is 0 Å². The predicted octanol–water partition coefficient (Wildman–Crippen LogP) is 19.3. The number of fused-ring (bicyclic) bond motifs is 15. The molecule has 0 saturated heterocycles. The molecule has 326 valence electrons. The van der Waals surface area contributed by atoms with E-state index >= 15 is 0 Å². The number of nitrogens with zero attached hydrogens (tertiary/aromatic N) is 1. The van der Waals surface area contributed by atoms with Gasteiger partial charge in [0.25, 0.3) is 0 Å². The molecule has 15 aromatic rings. The second-order valence-electron chi connectivity index (χ2n) is 18.2. The number of hydrogen-bond donors (Lipinski definition) is 0. The summed E-state index contributed by atoms with van der Waals surface area (Å²) < 4.78 is 22.4. The van der Waals surface area contributed by atoms with Gasteiger partial charge >= 0.3 is 0 Å². The van der Waals surface area contributed by atoms with Gasteiger partial charge in [0.1, 0.15) is 16.7 Å². The summed E-state index contributed by atoms with van der Waals surface area (Å²) in [5.74, 6) is 0. The molecular formula is C66H39NO3. The Morgan fingerprint density at radius 2 is 0.500 bits per heavy atom. The zero-order valence-corrected chi connectivity index (χ0v) is 37.7. The molecular weight excluding hydrogens is 855 g/mol. The Balaban J connectivity index is 1.15. The van der Waals surface area contributed by atoms with Crippen LogP contribution in [0.2, 0.25) is 0 Å². The molecule has 0 spiro atoms. The maximum Gasteiger partial charge on any atom is 0.160 e. The Bertz CT molecular complexity index is 4110. The first-order valence-electron chi connectivity index (χ1n) is 23.8. The van der Waals surface area contributed by atoms with Crippen molar-refractivity contribution in [3.63, 3.8) is 0 Å². The van der Waals surface area contributed by atoms with Gasteiger partial charge in [-0.2, -0.15) is 0 Å². The van der Waals surface area contributed by atoms with E-state index in [1.807, 2.05) is 0 Å². The normalized spacial score (nSPS) is 12.0. The fourth-order valence-corrected chi connectivity index (χ4v) is 11.3. The summed E-state index contributed by atoms with van der Waals surface area (Å²) in [6.45, 7) is 0. The van der Waals surface area contributed by atoms with E-state index in [4.69, 9.17) is 13.3 Å². The molecule has 0 N–H and O–H groups in total. The van der Waals surface area contributed by atoms with Crippen molar-refractivity contribution in [1.29, 1.82) is 0 Å². The standard InChI is InChI=1S/C66H39NO3/c1-4-19-40(20-5-1)49-31-16-34-52-58-46-28-13-10-25-43(46)37-55(64(58)68-61(49)52)67(56-38-44-26-11-14-29-47(44)59-53-35-17-32-50(62(53)69-65(56)59)41-21-6-2-7-22-41)57-39-45-27-12-15-30-48(45)60-54-36-18-33-51(63(54)70-66(57)60)42-23-8-3-9-24-42/h1-39H. The van der Waals surface area contributed by atoms with Crippen LogP contribution in [0, 0.1) is 0 Å². The van der Waals surface area contributed by atoms with Gasteiger partial charge < -0.3 is 13.3 Å². The van der Waals surface area contributed by atoms with Gasteiger partial charge in [-0.1, -0.05) is 218 Å². The summed E-state index contributed by atoms with van der Waals surface area (Å²) in [6.07, 6.45) is 0. The topological polar surface area (TPSA) is 42.7 Å². The molecule has 3 heterocycles. The zero-order chi connectivity index (χ0) is 45.9. The first-order valence-corrected chi connectivity index (χ1v) is 23.8. The Hall–Kier alpha value is -9.38. The summed E-state index contributed by atoms with van der Waals surface area (Å²) in [4.78, 5) is 2.37. The second-order valence-corrected chi connectivity index (χ2v) is 18.2. The average Bonchev–Trinajstić information content (AvgIpc) is 4.15. The minimum atomic E-state index is 0.766. The lowest BCUT2D eigenvalue weighted by Gasteiger charge is -2.27. The number of benzene rings is 12. The number of anilines is 3. The van der Waals surface area contributed by atoms with Crippen LogP contribution in [-0.4, -0.2) is 0 Å². The van der Waals surface area contributed by atoms with Crippen molar-refractivity contribution in [1.82, 2.24) is 0 Å². The first kappa shape index (κ1) is 38.7. The third-order valence-electron chi connectivity index (χ3n) is 14.4. The fraction of sp³-hybridized carbons (Fsp3) is 0. The quantitative estimate of drug-likeness (QED) is 0.167. The number of rotatable bonds is 6. The summed E-state index contributed by atoms with van der Waals surface area (Å²) in [7, 11) is 0. The Labute approximate surface area is 401 Å². The van der Waals surface area contributed by atoms with Crippen molar-refractivity contribution >= 4 is 115 Å². The highest BCUT2D eigenvalue weighted by Gasteiger charge is 2.30. The van der Waals surface area contributed by atoms with Gasteiger partial charge in [-0.15, -0.1) is 0 Å². The van der Waals surface area contributed by atoms with Crippen LogP contribution in [0.3, 0.4) is 0 Å². The van der Waals surface area contributed by atoms with Crippen LogP contribution in [0.4, 0.5) is 17.1 Å². The molecule has 0 aliphatic carbocycles. The van der Waals surface area contributed by atoms with Gasteiger partial charge in [-0.25, -0.2) is 0 Å². The molecule has 4 nitrogen and oxygen atoms in total. The molecule has 0 unspecified atom stereocenters. The Kier molecular flexibility index (Phi) is 8.33. The van der Waals surface area contributed by atoms with Gasteiger partial charge in [0.2, 0.25) is 0 Å². The highest BCUT2D eigenvalue weighted by Crippen LogP contribution is 2.54. The highest BCUT2D eigenvalue weighted by molar-refractivity contribution is 6.30. The van der Waals surface area contributed by atoms with Crippen LogP contribution in [0.5, 0.6) is 0 Å². The van der Waals surface area contributed by atoms with Crippen LogP contribution in [-0.2, 0) is 0 Å². The molecule has 0 amide bonds. The first-order chi connectivity index (χ1) is 34.7. The summed E-state index contributed by atoms with van der Waals surface area (Å²) in [5, 5.41) is 12.9. The molecule has 4 heteroatoms. The van der Waals surface area contributed by atoms with Crippen LogP contribution in [0.25, 0.3) is 132 Å². The van der Waals surface area contributed by atoms with E-state index in [9.17, 15) is 0 Å². The largest absolute Gasteiger partial charge is 0.453 e. The lowest BCUT2D eigenvalue weighted by atomic mass is 9.96. The van der Waals surface area contributed by atoms with Crippen LogP contribution < -0.4 is 4.90 Å². The molecule has 0 aliphatic heterocycles. The van der Waals surface area contributed by atoms with Crippen molar-refractivity contribution in [2.75, 3.05) is 4.90 Å². The van der Waals surface area contributed by atoms with E-state index in [1.54, 1.807) is 0 Å². The molecule has 15 rings (SSSR count). The summed E-state index contributed by atoms with van der Waals surface area (Å²) in [5.41, 5.74) is 13.8. The molecule has 0 aliphatic rings. The van der Waals surface area contributed by atoms with E-state index in [-0.39, 0.29) is 0 Å². The van der Waals surface area contributed by atoms with Crippen LogP contribution >= 0.6 is 0 Å². The monoisotopic (exact) mass is 893 g/mol. The van der Waals surface area contributed by atoms with Gasteiger partial charge in [0, 0.05) is 49.0 Å². The van der Waals surface area contributed by atoms with Gasteiger partial charge in [-0.05, 0) is 67.2 Å². The lowest BCUT2D eigenvalue weighted by molar-refractivity contribution is 0.665. The summed E-state index contributed by atoms with van der Waals surface area (Å²) >= 11 is 0. The molecule has 0 atom stereocenters. The molecule has 3 aromatic heterocycles. The molecule has 12 aromatic carbocycles. The van der Waals surface area contributed by atoms with E-state index in [2.05, 4.69) is 241 Å². The van der Waals surface area contributed by atoms with Gasteiger partial charge in [0.15, 0.2) is 16.7 Å². The SMILES string of the molecule is c1ccc(-c2cccc3c2oc2c(N(c4cc5ccccc5c5c4oc4c(-c6ccccc6)cccc45)c4cc5ccccc5c5c4oc4c(-c6ccccc6)cccc45)cc4ccccc4c23)cc1. The number of para-hydroxylation sites is 3. The average molecular weight is 894 g/mol.